The zero-order chi connectivity index (χ0) is 19.4. The fraction of sp³-hybridized carbons (Fsp3) is 0.478. The summed E-state index contributed by atoms with van der Waals surface area (Å²) in [4.78, 5) is 2.58. The minimum atomic E-state index is 0.232. The SMILES string of the molecule is COCCOCCOC[C@@H]1CNCCN1C(c1ccccc1)c1ccccc1. The van der Waals surface area contributed by atoms with Crippen LogP contribution in [-0.4, -0.2) is 70.7 Å². The number of rotatable bonds is 11. The van der Waals surface area contributed by atoms with Gasteiger partial charge in [-0.2, -0.15) is 0 Å². The highest BCUT2D eigenvalue weighted by atomic mass is 16.5. The Bertz CT molecular complexity index is 614. The van der Waals surface area contributed by atoms with Crippen molar-refractivity contribution in [1.82, 2.24) is 10.2 Å². The number of methoxy groups -OCH3 is 1. The van der Waals surface area contributed by atoms with Gasteiger partial charge in [-0.15, -0.1) is 0 Å². The fourth-order valence-corrected chi connectivity index (χ4v) is 3.70. The lowest BCUT2D eigenvalue weighted by Gasteiger charge is -2.42. The Morgan fingerprint density at radius 3 is 2.14 bits per heavy atom. The second-order valence-corrected chi connectivity index (χ2v) is 7.00. The highest BCUT2D eigenvalue weighted by Crippen LogP contribution is 2.30. The molecule has 1 N–H and O–H groups in total. The molecule has 5 nitrogen and oxygen atoms in total. The number of nitrogens with one attached hydrogen (secondary N) is 1. The van der Waals surface area contributed by atoms with Crippen LogP contribution in [0, 0.1) is 0 Å². The summed E-state index contributed by atoms with van der Waals surface area (Å²) in [5, 5.41) is 3.52. The molecule has 1 aliphatic heterocycles. The van der Waals surface area contributed by atoms with Crippen LogP contribution in [0.25, 0.3) is 0 Å². The van der Waals surface area contributed by atoms with Crippen molar-refractivity contribution in [2.45, 2.75) is 12.1 Å². The zero-order valence-electron chi connectivity index (χ0n) is 16.8. The molecule has 1 aliphatic rings. The molecule has 1 atom stereocenters. The van der Waals surface area contributed by atoms with Crippen LogP contribution in [0.15, 0.2) is 60.7 Å². The summed E-state index contributed by atoms with van der Waals surface area (Å²) in [7, 11) is 1.68. The zero-order valence-corrected chi connectivity index (χ0v) is 16.8. The summed E-state index contributed by atoms with van der Waals surface area (Å²) in [5.74, 6) is 0. The molecule has 0 bridgehead atoms. The number of piperazine rings is 1. The minimum Gasteiger partial charge on any atom is -0.382 e. The molecule has 0 saturated carbocycles. The van der Waals surface area contributed by atoms with Gasteiger partial charge in [0.05, 0.1) is 39.1 Å². The molecule has 1 heterocycles. The molecule has 1 saturated heterocycles. The first kappa shape index (κ1) is 21.0. The molecule has 0 aliphatic carbocycles. The second kappa shape index (κ2) is 11.9. The van der Waals surface area contributed by atoms with Crippen LogP contribution in [0.3, 0.4) is 0 Å². The van der Waals surface area contributed by atoms with Gasteiger partial charge in [-0.1, -0.05) is 60.7 Å². The van der Waals surface area contributed by atoms with E-state index in [0.717, 1.165) is 19.6 Å². The predicted octanol–water partition coefficient (Wildman–Crippen LogP) is 2.73. The molecule has 1 fully saturated rings. The average molecular weight is 385 g/mol. The number of benzene rings is 2. The van der Waals surface area contributed by atoms with Gasteiger partial charge in [0.1, 0.15) is 0 Å². The standard InChI is InChI=1S/C23H32N2O3/c1-26-14-15-27-16-17-28-19-22-18-24-12-13-25(22)23(20-8-4-2-5-9-20)21-10-6-3-7-11-21/h2-11,22-24H,12-19H2,1H3/t22-/m0/s1. The largest absolute Gasteiger partial charge is 0.382 e. The summed E-state index contributed by atoms with van der Waals surface area (Å²) in [6.45, 7) is 6.05. The summed E-state index contributed by atoms with van der Waals surface area (Å²) >= 11 is 0. The van der Waals surface area contributed by atoms with Crippen LogP contribution in [0.4, 0.5) is 0 Å². The summed E-state index contributed by atoms with van der Waals surface area (Å²) in [5.41, 5.74) is 2.65. The van der Waals surface area contributed by atoms with E-state index < -0.39 is 0 Å². The van der Waals surface area contributed by atoms with Crippen LogP contribution in [0.5, 0.6) is 0 Å². The molecular weight excluding hydrogens is 352 g/mol. The third-order valence-corrected chi connectivity index (χ3v) is 5.07. The van der Waals surface area contributed by atoms with Gasteiger partial charge in [-0.3, -0.25) is 4.90 Å². The van der Waals surface area contributed by atoms with Gasteiger partial charge in [-0.25, -0.2) is 0 Å². The van der Waals surface area contributed by atoms with Gasteiger partial charge < -0.3 is 19.5 Å². The van der Waals surface area contributed by atoms with Gasteiger partial charge in [-0.05, 0) is 11.1 Å². The Morgan fingerprint density at radius 2 is 1.50 bits per heavy atom. The van der Waals surface area contributed by atoms with Crippen molar-refractivity contribution in [2.75, 3.05) is 59.8 Å². The average Bonchev–Trinajstić information content (AvgIpc) is 2.76. The Labute approximate surface area is 168 Å². The van der Waals surface area contributed by atoms with Crippen LogP contribution >= 0.6 is 0 Å². The minimum absolute atomic E-state index is 0.232. The number of ether oxygens (including phenoxy) is 3. The lowest BCUT2D eigenvalue weighted by Crippen LogP contribution is -2.54. The Kier molecular flexibility index (Phi) is 8.94. The quantitative estimate of drug-likeness (QED) is 0.604. The first-order valence-corrected chi connectivity index (χ1v) is 10.1. The first-order valence-electron chi connectivity index (χ1n) is 10.1. The summed E-state index contributed by atoms with van der Waals surface area (Å²) in [6, 6.07) is 22.1. The molecule has 3 rings (SSSR count). The van der Waals surface area contributed by atoms with Crippen molar-refractivity contribution in [3.63, 3.8) is 0 Å². The maximum atomic E-state index is 5.96. The van der Waals surface area contributed by atoms with Gasteiger partial charge in [0.15, 0.2) is 0 Å². The lowest BCUT2D eigenvalue weighted by atomic mass is 9.95. The van der Waals surface area contributed by atoms with E-state index in [9.17, 15) is 0 Å². The van der Waals surface area contributed by atoms with Gasteiger partial charge in [0.2, 0.25) is 0 Å². The summed E-state index contributed by atoms with van der Waals surface area (Å²) in [6.07, 6.45) is 0. The van der Waals surface area contributed by atoms with Crippen LogP contribution < -0.4 is 5.32 Å². The van der Waals surface area contributed by atoms with E-state index in [1.54, 1.807) is 7.11 Å². The molecule has 2 aromatic carbocycles. The molecule has 0 aromatic heterocycles. The smallest absolute Gasteiger partial charge is 0.0701 e. The molecule has 2 aromatic rings. The maximum absolute atomic E-state index is 5.96. The van der Waals surface area contributed by atoms with Crippen molar-refractivity contribution in [1.29, 1.82) is 0 Å². The molecule has 152 valence electrons. The topological polar surface area (TPSA) is 43.0 Å². The Hall–Kier alpha value is -1.76. The molecule has 0 amide bonds. The van der Waals surface area contributed by atoms with E-state index in [2.05, 4.69) is 70.9 Å². The number of nitrogens with zero attached hydrogens (tertiary/aromatic N) is 1. The molecule has 0 radical (unpaired) electrons. The van der Waals surface area contributed by atoms with E-state index in [-0.39, 0.29) is 6.04 Å². The maximum Gasteiger partial charge on any atom is 0.0701 e. The Morgan fingerprint density at radius 1 is 0.893 bits per heavy atom. The van der Waals surface area contributed by atoms with Crippen molar-refractivity contribution in [3.8, 4) is 0 Å². The molecule has 5 heteroatoms. The van der Waals surface area contributed by atoms with E-state index in [1.165, 1.54) is 11.1 Å². The van der Waals surface area contributed by atoms with Gasteiger partial charge >= 0.3 is 0 Å². The first-order chi connectivity index (χ1) is 13.9. The number of hydrogen-bond acceptors (Lipinski definition) is 5. The van der Waals surface area contributed by atoms with Gasteiger partial charge in [0, 0.05) is 32.8 Å². The monoisotopic (exact) mass is 384 g/mol. The molecule has 0 spiro atoms. The van der Waals surface area contributed by atoms with Crippen LogP contribution in [-0.2, 0) is 14.2 Å². The van der Waals surface area contributed by atoms with E-state index in [0.29, 0.717) is 39.1 Å². The van der Waals surface area contributed by atoms with Crippen molar-refractivity contribution >= 4 is 0 Å². The van der Waals surface area contributed by atoms with Crippen molar-refractivity contribution < 1.29 is 14.2 Å². The van der Waals surface area contributed by atoms with Crippen LogP contribution in [0.1, 0.15) is 17.2 Å². The molecule has 28 heavy (non-hydrogen) atoms. The van der Waals surface area contributed by atoms with E-state index in [1.807, 2.05) is 0 Å². The molecule has 0 unspecified atom stereocenters. The number of hydrogen-bond donors (Lipinski definition) is 1. The van der Waals surface area contributed by atoms with Crippen molar-refractivity contribution in [3.05, 3.63) is 71.8 Å². The van der Waals surface area contributed by atoms with E-state index in [4.69, 9.17) is 14.2 Å². The normalized spacial score (nSPS) is 17.9. The third-order valence-electron chi connectivity index (χ3n) is 5.07. The summed E-state index contributed by atoms with van der Waals surface area (Å²) < 4.78 is 16.4. The lowest BCUT2D eigenvalue weighted by molar-refractivity contribution is -0.00459. The van der Waals surface area contributed by atoms with Gasteiger partial charge in [0.25, 0.3) is 0 Å². The highest BCUT2D eigenvalue weighted by Gasteiger charge is 2.30. The molecular formula is C23H32N2O3. The van der Waals surface area contributed by atoms with Crippen LogP contribution in [0.2, 0.25) is 0 Å². The van der Waals surface area contributed by atoms with Crippen molar-refractivity contribution in [2.24, 2.45) is 0 Å². The predicted molar refractivity (Wildman–Crippen MR) is 112 cm³/mol. The highest BCUT2D eigenvalue weighted by molar-refractivity contribution is 5.32. The third kappa shape index (κ3) is 6.12. The second-order valence-electron chi connectivity index (χ2n) is 7.00. The Balaban J connectivity index is 1.65. The van der Waals surface area contributed by atoms with E-state index >= 15 is 0 Å². The fourth-order valence-electron chi connectivity index (χ4n) is 3.70.